The molecule has 6 nitrogen and oxygen atoms in total. The Morgan fingerprint density at radius 3 is 3.10 bits per heavy atom. The normalized spacial score (nSPS) is 15.5. The van der Waals surface area contributed by atoms with Crippen molar-refractivity contribution in [1.29, 1.82) is 0 Å². The molecule has 1 aromatic carbocycles. The minimum atomic E-state index is -0.169. The summed E-state index contributed by atoms with van der Waals surface area (Å²) in [6, 6.07) is 7.20. The number of aryl methyl sites for hydroxylation is 1. The SMILES string of the molecule is C=CCn1c(SCC(=O)Nc2cccc(OC)c2)nc2sc3c(c2c1=O)CCC(C)C3. The predicted molar refractivity (Wildman–Crippen MR) is 128 cm³/mol. The Hall–Kier alpha value is -2.58. The smallest absolute Gasteiger partial charge is 0.263 e. The number of aromatic nitrogens is 2. The molecule has 4 rings (SSSR count). The molecule has 2 heterocycles. The van der Waals surface area contributed by atoms with Crippen LogP contribution in [0.3, 0.4) is 0 Å². The largest absolute Gasteiger partial charge is 0.497 e. The van der Waals surface area contributed by atoms with E-state index >= 15 is 0 Å². The molecule has 2 aromatic heterocycles. The van der Waals surface area contributed by atoms with Crippen molar-refractivity contribution in [3.05, 3.63) is 57.7 Å². The molecule has 0 radical (unpaired) electrons. The number of rotatable bonds is 7. The number of benzene rings is 1. The number of allylic oxidation sites excluding steroid dienone is 1. The van der Waals surface area contributed by atoms with E-state index in [4.69, 9.17) is 9.72 Å². The van der Waals surface area contributed by atoms with Gasteiger partial charge in [-0.05, 0) is 42.9 Å². The van der Waals surface area contributed by atoms with Crippen LogP contribution in [0.5, 0.6) is 5.75 Å². The second-order valence-electron chi connectivity index (χ2n) is 7.70. The summed E-state index contributed by atoms with van der Waals surface area (Å²) >= 11 is 2.89. The quantitative estimate of drug-likeness (QED) is 0.322. The van der Waals surface area contributed by atoms with E-state index in [1.165, 1.54) is 22.2 Å². The average molecular weight is 456 g/mol. The van der Waals surface area contributed by atoms with Gasteiger partial charge in [-0.2, -0.15) is 0 Å². The maximum atomic E-state index is 13.3. The number of amides is 1. The maximum Gasteiger partial charge on any atom is 0.263 e. The van der Waals surface area contributed by atoms with Gasteiger partial charge in [-0.25, -0.2) is 4.98 Å². The van der Waals surface area contributed by atoms with Crippen LogP contribution in [0.1, 0.15) is 23.8 Å². The van der Waals surface area contributed by atoms with Gasteiger partial charge >= 0.3 is 0 Å². The fourth-order valence-electron chi connectivity index (χ4n) is 3.83. The fourth-order valence-corrected chi connectivity index (χ4v) is 6.07. The number of nitrogens with zero attached hydrogens (tertiary/aromatic N) is 2. The van der Waals surface area contributed by atoms with Crippen LogP contribution in [0.4, 0.5) is 5.69 Å². The molecule has 0 saturated heterocycles. The number of carbonyl (C=O) groups excluding carboxylic acids is 1. The van der Waals surface area contributed by atoms with E-state index in [0.717, 1.165) is 29.5 Å². The zero-order valence-corrected chi connectivity index (χ0v) is 19.3. The van der Waals surface area contributed by atoms with Crippen molar-refractivity contribution in [3.8, 4) is 5.75 Å². The summed E-state index contributed by atoms with van der Waals surface area (Å²) < 4.78 is 6.82. The molecule has 1 amide bonds. The number of ether oxygens (including phenoxy) is 1. The van der Waals surface area contributed by atoms with E-state index in [2.05, 4.69) is 18.8 Å². The lowest BCUT2D eigenvalue weighted by atomic mass is 9.89. The molecule has 0 bridgehead atoms. The van der Waals surface area contributed by atoms with Crippen molar-refractivity contribution in [2.75, 3.05) is 18.2 Å². The molecule has 0 spiro atoms. The summed E-state index contributed by atoms with van der Waals surface area (Å²) in [5.41, 5.74) is 1.80. The average Bonchev–Trinajstić information content (AvgIpc) is 3.12. The number of nitrogens with one attached hydrogen (secondary N) is 1. The Balaban J connectivity index is 1.59. The molecular formula is C23H25N3O3S2. The van der Waals surface area contributed by atoms with Crippen LogP contribution in [0.2, 0.25) is 0 Å². The number of anilines is 1. The van der Waals surface area contributed by atoms with E-state index in [0.29, 0.717) is 29.1 Å². The Kier molecular flexibility index (Phi) is 6.48. The third-order valence-corrected chi connectivity index (χ3v) is 7.50. The molecule has 3 aromatic rings. The lowest BCUT2D eigenvalue weighted by Gasteiger charge is -2.17. The predicted octanol–water partition coefficient (Wildman–Crippen LogP) is 4.51. The van der Waals surface area contributed by atoms with E-state index in [1.54, 1.807) is 41.2 Å². The number of hydrogen-bond donors (Lipinski definition) is 1. The van der Waals surface area contributed by atoms with Gasteiger partial charge in [0.05, 0.1) is 18.2 Å². The molecule has 1 aliphatic carbocycles. The minimum Gasteiger partial charge on any atom is -0.497 e. The van der Waals surface area contributed by atoms with Crippen LogP contribution in [0.25, 0.3) is 10.2 Å². The second-order valence-corrected chi connectivity index (χ2v) is 9.73. The Morgan fingerprint density at radius 1 is 1.48 bits per heavy atom. The first-order valence-electron chi connectivity index (χ1n) is 10.2. The van der Waals surface area contributed by atoms with Crippen molar-refractivity contribution in [3.63, 3.8) is 0 Å². The van der Waals surface area contributed by atoms with Crippen molar-refractivity contribution < 1.29 is 9.53 Å². The first kappa shape index (κ1) is 21.6. The molecular weight excluding hydrogens is 430 g/mol. The van der Waals surface area contributed by atoms with E-state index in [9.17, 15) is 9.59 Å². The van der Waals surface area contributed by atoms with Crippen LogP contribution < -0.4 is 15.6 Å². The van der Waals surface area contributed by atoms with Gasteiger partial charge in [0.1, 0.15) is 10.6 Å². The van der Waals surface area contributed by atoms with Crippen molar-refractivity contribution in [2.24, 2.45) is 5.92 Å². The van der Waals surface area contributed by atoms with Crippen LogP contribution in [0.15, 0.2) is 46.9 Å². The summed E-state index contributed by atoms with van der Waals surface area (Å²) in [4.78, 5) is 32.7. The minimum absolute atomic E-state index is 0.0346. The number of fused-ring (bicyclic) bond motifs is 3. The summed E-state index contributed by atoms with van der Waals surface area (Å²) in [5.74, 6) is 1.28. The van der Waals surface area contributed by atoms with Crippen LogP contribution in [-0.2, 0) is 24.2 Å². The summed E-state index contributed by atoms with van der Waals surface area (Å²) in [5, 5.41) is 4.16. The monoisotopic (exact) mass is 455 g/mol. The molecule has 1 atom stereocenters. The zero-order chi connectivity index (χ0) is 22.0. The third kappa shape index (κ3) is 4.55. The van der Waals surface area contributed by atoms with E-state index in [1.807, 2.05) is 12.1 Å². The van der Waals surface area contributed by atoms with Crippen LogP contribution in [0, 0.1) is 5.92 Å². The van der Waals surface area contributed by atoms with Gasteiger partial charge < -0.3 is 10.1 Å². The first-order chi connectivity index (χ1) is 15.0. The fraction of sp³-hybridized carbons (Fsp3) is 0.348. The molecule has 0 fully saturated rings. The summed E-state index contributed by atoms with van der Waals surface area (Å²) in [7, 11) is 1.58. The second kappa shape index (κ2) is 9.28. The molecule has 0 aliphatic heterocycles. The maximum absolute atomic E-state index is 13.3. The topological polar surface area (TPSA) is 73.2 Å². The standard InChI is InChI=1S/C23H25N3O3S2/c1-4-10-26-22(28)20-17-9-8-14(2)11-18(17)31-21(20)25-23(26)30-13-19(27)24-15-6-5-7-16(12-15)29-3/h4-7,12,14H,1,8-11,13H2,2-3H3,(H,24,27). The summed E-state index contributed by atoms with van der Waals surface area (Å²) in [6.07, 6.45) is 4.72. The van der Waals surface area contributed by atoms with E-state index in [-0.39, 0.29) is 17.2 Å². The highest BCUT2D eigenvalue weighted by atomic mass is 32.2. The zero-order valence-electron chi connectivity index (χ0n) is 17.6. The third-order valence-electron chi connectivity index (χ3n) is 5.38. The van der Waals surface area contributed by atoms with E-state index < -0.39 is 0 Å². The first-order valence-corrected chi connectivity index (χ1v) is 12.0. The van der Waals surface area contributed by atoms with Crippen LogP contribution in [-0.4, -0.2) is 28.3 Å². The molecule has 162 valence electrons. The van der Waals surface area contributed by atoms with Gasteiger partial charge in [-0.1, -0.05) is 30.8 Å². The van der Waals surface area contributed by atoms with Gasteiger partial charge in [0, 0.05) is 23.2 Å². The van der Waals surface area contributed by atoms with Gasteiger partial charge in [0.25, 0.3) is 5.56 Å². The lowest BCUT2D eigenvalue weighted by molar-refractivity contribution is -0.113. The molecule has 0 saturated carbocycles. The van der Waals surface area contributed by atoms with Crippen molar-refractivity contribution in [2.45, 2.75) is 37.9 Å². The number of methoxy groups -OCH3 is 1. The van der Waals surface area contributed by atoms with Gasteiger partial charge in [-0.15, -0.1) is 17.9 Å². The molecule has 1 unspecified atom stereocenters. The van der Waals surface area contributed by atoms with Gasteiger partial charge in [-0.3, -0.25) is 14.2 Å². The van der Waals surface area contributed by atoms with Crippen molar-refractivity contribution in [1.82, 2.24) is 9.55 Å². The highest BCUT2D eigenvalue weighted by Gasteiger charge is 2.24. The van der Waals surface area contributed by atoms with Crippen molar-refractivity contribution >= 4 is 44.9 Å². The highest BCUT2D eigenvalue weighted by molar-refractivity contribution is 7.99. The van der Waals surface area contributed by atoms with Gasteiger partial charge in [0.15, 0.2) is 5.16 Å². The molecule has 31 heavy (non-hydrogen) atoms. The summed E-state index contributed by atoms with van der Waals surface area (Å²) in [6.45, 7) is 6.40. The van der Waals surface area contributed by atoms with Crippen LogP contribution >= 0.6 is 23.1 Å². The molecule has 8 heteroatoms. The lowest BCUT2D eigenvalue weighted by Crippen LogP contribution is -2.24. The number of thioether (sulfide) groups is 1. The Morgan fingerprint density at radius 2 is 2.32 bits per heavy atom. The Bertz CT molecular complexity index is 1200. The number of carbonyl (C=O) groups is 1. The molecule has 1 aliphatic rings. The number of thiophene rings is 1. The highest BCUT2D eigenvalue weighted by Crippen LogP contribution is 2.36. The molecule has 1 N–H and O–H groups in total. The number of hydrogen-bond acceptors (Lipinski definition) is 6. The Labute approximate surface area is 189 Å². The van der Waals surface area contributed by atoms with Gasteiger partial charge in [0.2, 0.25) is 5.91 Å².